The summed E-state index contributed by atoms with van der Waals surface area (Å²) in [4.78, 5) is 15.9. The Bertz CT molecular complexity index is 778. The highest BCUT2D eigenvalue weighted by molar-refractivity contribution is 6.30. The van der Waals surface area contributed by atoms with Gasteiger partial charge in [-0.3, -0.25) is 9.79 Å². The van der Waals surface area contributed by atoms with E-state index in [9.17, 15) is 4.79 Å². The third-order valence-corrected chi connectivity index (χ3v) is 4.06. The van der Waals surface area contributed by atoms with Gasteiger partial charge in [-0.05, 0) is 48.9 Å². The number of hydrogen-bond donors (Lipinski definition) is 3. The summed E-state index contributed by atoms with van der Waals surface area (Å²) in [5, 5.41) is 9.76. The summed E-state index contributed by atoms with van der Waals surface area (Å²) in [6.07, 6.45) is -0.0543. The molecule has 0 aromatic heterocycles. The zero-order valence-corrected chi connectivity index (χ0v) is 16.5. The van der Waals surface area contributed by atoms with Crippen LogP contribution in [-0.2, 0) is 6.54 Å². The smallest absolute Gasteiger partial charge is 0.251 e. The van der Waals surface area contributed by atoms with Gasteiger partial charge in [-0.25, -0.2) is 0 Å². The molecule has 7 heteroatoms. The first-order valence-corrected chi connectivity index (χ1v) is 9.07. The number of hydrogen-bond acceptors (Lipinski definition) is 3. The molecule has 27 heavy (non-hydrogen) atoms. The highest BCUT2D eigenvalue weighted by Crippen LogP contribution is 2.16. The van der Waals surface area contributed by atoms with Crippen molar-refractivity contribution < 1.29 is 9.53 Å². The number of halogens is 1. The number of benzene rings is 2. The number of carbonyl (C=O) groups is 1. The first kappa shape index (κ1) is 20.6. The maximum Gasteiger partial charge on any atom is 0.251 e. The number of nitrogens with one attached hydrogen (secondary N) is 3. The highest BCUT2D eigenvalue weighted by atomic mass is 35.5. The van der Waals surface area contributed by atoms with Crippen LogP contribution < -0.4 is 20.7 Å². The first-order chi connectivity index (χ1) is 13.0. The average Bonchev–Trinajstić information content (AvgIpc) is 2.69. The van der Waals surface area contributed by atoms with Gasteiger partial charge < -0.3 is 20.7 Å². The van der Waals surface area contributed by atoms with Crippen molar-refractivity contribution in [3.05, 3.63) is 64.7 Å². The zero-order valence-electron chi connectivity index (χ0n) is 15.8. The van der Waals surface area contributed by atoms with Crippen LogP contribution in [0.15, 0.2) is 53.5 Å². The van der Waals surface area contributed by atoms with E-state index in [0.29, 0.717) is 29.6 Å². The van der Waals surface area contributed by atoms with Crippen LogP contribution in [-0.4, -0.2) is 38.6 Å². The van der Waals surface area contributed by atoms with Gasteiger partial charge in [0.25, 0.3) is 5.91 Å². The van der Waals surface area contributed by atoms with E-state index in [1.54, 1.807) is 32.3 Å². The second-order valence-corrected chi connectivity index (χ2v) is 6.40. The molecule has 0 saturated carbocycles. The lowest BCUT2D eigenvalue weighted by Crippen LogP contribution is -2.41. The number of aliphatic imine (C=N–C) groups is 1. The number of carbonyl (C=O) groups excluding carboxylic acids is 1. The summed E-state index contributed by atoms with van der Waals surface area (Å²) in [6, 6.07) is 14.7. The van der Waals surface area contributed by atoms with Gasteiger partial charge in [-0.2, -0.15) is 0 Å². The summed E-state index contributed by atoms with van der Waals surface area (Å²) in [5.41, 5.74) is 1.62. The van der Waals surface area contributed by atoms with Gasteiger partial charge in [-0.1, -0.05) is 23.7 Å². The molecule has 1 atom stereocenters. The van der Waals surface area contributed by atoms with E-state index in [-0.39, 0.29) is 12.0 Å². The van der Waals surface area contributed by atoms with Crippen LogP contribution in [0.2, 0.25) is 5.02 Å². The quantitative estimate of drug-likeness (QED) is 0.503. The summed E-state index contributed by atoms with van der Waals surface area (Å²) >= 11 is 5.88. The third kappa shape index (κ3) is 6.83. The van der Waals surface area contributed by atoms with Crippen LogP contribution in [0.3, 0.4) is 0 Å². The van der Waals surface area contributed by atoms with Crippen LogP contribution in [0.1, 0.15) is 22.8 Å². The SMILES string of the molecule is CN=C(NCc1cccc(C(=O)NC)c1)NCC(C)Oc1ccc(Cl)cc1. The minimum absolute atomic E-state index is 0.0543. The van der Waals surface area contributed by atoms with Crippen LogP contribution >= 0.6 is 11.6 Å². The molecule has 144 valence electrons. The minimum atomic E-state index is -0.104. The Labute approximate surface area is 165 Å². The molecule has 2 rings (SSSR count). The molecule has 0 spiro atoms. The maximum atomic E-state index is 11.7. The van der Waals surface area contributed by atoms with Crippen molar-refractivity contribution in [1.82, 2.24) is 16.0 Å². The Balaban J connectivity index is 1.82. The fraction of sp³-hybridized carbons (Fsp3) is 0.300. The Morgan fingerprint density at radius 2 is 1.93 bits per heavy atom. The summed E-state index contributed by atoms with van der Waals surface area (Å²) in [6.45, 7) is 3.11. The zero-order chi connectivity index (χ0) is 19.6. The first-order valence-electron chi connectivity index (χ1n) is 8.69. The molecule has 0 saturated heterocycles. The fourth-order valence-electron chi connectivity index (χ4n) is 2.40. The fourth-order valence-corrected chi connectivity index (χ4v) is 2.53. The molecule has 0 bridgehead atoms. The lowest BCUT2D eigenvalue weighted by atomic mass is 10.1. The summed E-state index contributed by atoms with van der Waals surface area (Å²) in [5.74, 6) is 1.32. The van der Waals surface area contributed by atoms with Crippen LogP contribution in [0.4, 0.5) is 0 Å². The van der Waals surface area contributed by atoms with E-state index >= 15 is 0 Å². The molecular weight excluding hydrogens is 364 g/mol. The highest BCUT2D eigenvalue weighted by Gasteiger charge is 2.07. The third-order valence-electron chi connectivity index (χ3n) is 3.81. The average molecular weight is 389 g/mol. The van der Waals surface area contributed by atoms with E-state index in [1.165, 1.54) is 0 Å². The Kier molecular flexibility index (Phi) is 7.95. The molecule has 2 aromatic carbocycles. The summed E-state index contributed by atoms with van der Waals surface area (Å²) < 4.78 is 5.83. The standard InChI is InChI=1S/C20H25ClN4O2/c1-14(27-18-9-7-17(21)8-10-18)12-24-20(23-3)25-13-15-5-4-6-16(11-15)19(26)22-2/h4-11,14H,12-13H2,1-3H3,(H,22,26)(H2,23,24,25). The van der Waals surface area contributed by atoms with Crippen LogP contribution in [0.25, 0.3) is 0 Å². The molecule has 0 heterocycles. The van der Waals surface area contributed by atoms with E-state index in [2.05, 4.69) is 20.9 Å². The van der Waals surface area contributed by atoms with E-state index in [4.69, 9.17) is 16.3 Å². The topological polar surface area (TPSA) is 74.8 Å². The number of nitrogens with zero attached hydrogens (tertiary/aromatic N) is 1. The van der Waals surface area contributed by atoms with Crippen molar-refractivity contribution in [3.8, 4) is 5.75 Å². The van der Waals surface area contributed by atoms with Gasteiger partial charge in [0.15, 0.2) is 5.96 Å². The van der Waals surface area contributed by atoms with Crippen LogP contribution in [0.5, 0.6) is 5.75 Å². The van der Waals surface area contributed by atoms with Gasteiger partial charge in [0, 0.05) is 31.2 Å². The monoisotopic (exact) mass is 388 g/mol. The van der Waals surface area contributed by atoms with Crippen molar-refractivity contribution in [3.63, 3.8) is 0 Å². The van der Waals surface area contributed by atoms with Gasteiger partial charge >= 0.3 is 0 Å². The molecule has 0 aliphatic carbocycles. The second-order valence-electron chi connectivity index (χ2n) is 5.97. The van der Waals surface area contributed by atoms with Crippen molar-refractivity contribution in [2.75, 3.05) is 20.6 Å². The predicted molar refractivity (Wildman–Crippen MR) is 110 cm³/mol. The normalized spacial score (nSPS) is 12.2. The van der Waals surface area contributed by atoms with Crippen LogP contribution in [0, 0.1) is 0 Å². The Morgan fingerprint density at radius 3 is 2.59 bits per heavy atom. The lowest BCUT2D eigenvalue weighted by molar-refractivity contribution is 0.0963. The minimum Gasteiger partial charge on any atom is -0.489 e. The van der Waals surface area contributed by atoms with E-state index in [0.717, 1.165) is 11.3 Å². The lowest BCUT2D eigenvalue weighted by Gasteiger charge is -2.18. The molecule has 3 N–H and O–H groups in total. The van der Waals surface area contributed by atoms with Gasteiger partial charge in [-0.15, -0.1) is 0 Å². The number of rotatable bonds is 7. The van der Waals surface area contributed by atoms with Crippen molar-refractivity contribution in [2.24, 2.45) is 4.99 Å². The van der Waals surface area contributed by atoms with E-state index < -0.39 is 0 Å². The van der Waals surface area contributed by atoms with Gasteiger partial charge in [0.1, 0.15) is 11.9 Å². The molecule has 1 amide bonds. The second kappa shape index (κ2) is 10.4. The van der Waals surface area contributed by atoms with E-state index in [1.807, 2.05) is 37.3 Å². The predicted octanol–water partition coefficient (Wildman–Crippen LogP) is 2.83. The van der Waals surface area contributed by atoms with Gasteiger partial charge in [0.2, 0.25) is 0 Å². The molecule has 0 radical (unpaired) electrons. The summed E-state index contributed by atoms with van der Waals surface area (Å²) in [7, 11) is 3.33. The van der Waals surface area contributed by atoms with Crippen molar-refractivity contribution in [2.45, 2.75) is 19.6 Å². The number of ether oxygens (including phenoxy) is 1. The molecule has 0 fully saturated rings. The Hall–Kier alpha value is -2.73. The maximum absolute atomic E-state index is 11.7. The molecule has 2 aromatic rings. The molecule has 0 aliphatic rings. The molecule has 6 nitrogen and oxygen atoms in total. The Morgan fingerprint density at radius 1 is 1.19 bits per heavy atom. The molecule has 1 unspecified atom stereocenters. The number of amides is 1. The van der Waals surface area contributed by atoms with Crippen molar-refractivity contribution in [1.29, 1.82) is 0 Å². The largest absolute Gasteiger partial charge is 0.489 e. The molecule has 0 aliphatic heterocycles. The van der Waals surface area contributed by atoms with Crippen molar-refractivity contribution >= 4 is 23.5 Å². The molecular formula is C20H25ClN4O2. The number of guanidine groups is 1. The van der Waals surface area contributed by atoms with Gasteiger partial charge in [0.05, 0.1) is 6.54 Å².